The number of hydrogen-bond donors (Lipinski definition) is 1. The Balaban J connectivity index is 1.94. The van der Waals surface area contributed by atoms with E-state index in [-0.39, 0.29) is 22.7 Å². The summed E-state index contributed by atoms with van der Waals surface area (Å²) in [5.74, 6) is -0.314. The lowest BCUT2D eigenvalue weighted by atomic mass is 10.2. The average Bonchev–Trinajstić information content (AvgIpc) is 2.77. The van der Waals surface area contributed by atoms with Crippen LogP contribution in [0.2, 0.25) is 0 Å². The molecule has 100 valence electrons. The number of nitrogens with zero attached hydrogens (tertiary/aromatic N) is 1. The standard InChI is InChI=1S/C10H14N2O4S2/c1-12(5-9(13)11-8-6-16-7-8)18(14,15)10-3-2-4-17-10/h2-4,8H,5-7H2,1H3,(H,11,13). The number of carbonyl (C=O) groups is 1. The number of carbonyl (C=O) groups excluding carboxylic acids is 1. The third kappa shape index (κ3) is 2.89. The maximum Gasteiger partial charge on any atom is 0.252 e. The fourth-order valence-corrected chi connectivity index (χ4v) is 3.77. The fraction of sp³-hybridized carbons (Fsp3) is 0.500. The number of likely N-dealkylation sites (N-methyl/N-ethyl adjacent to an activating group) is 1. The third-order valence-electron chi connectivity index (χ3n) is 2.53. The van der Waals surface area contributed by atoms with Gasteiger partial charge in [-0.3, -0.25) is 4.79 Å². The predicted octanol–water partition coefficient (Wildman–Crippen LogP) is -0.116. The van der Waals surface area contributed by atoms with E-state index in [0.29, 0.717) is 13.2 Å². The number of rotatable bonds is 5. The summed E-state index contributed by atoms with van der Waals surface area (Å²) in [6.45, 7) is 0.803. The molecule has 1 aliphatic heterocycles. The van der Waals surface area contributed by atoms with Gasteiger partial charge < -0.3 is 10.1 Å². The molecular weight excluding hydrogens is 276 g/mol. The molecule has 1 fully saturated rings. The van der Waals surface area contributed by atoms with Gasteiger partial charge in [0.1, 0.15) is 4.21 Å². The van der Waals surface area contributed by atoms with E-state index < -0.39 is 10.0 Å². The van der Waals surface area contributed by atoms with Gasteiger partial charge in [-0.1, -0.05) is 6.07 Å². The van der Waals surface area contributed by atoms with Crippen LogP contribution in [0, 0.1) is 0 Å². The molecule has 18 heavy (non-hydrogen) atoms. The lowest BCUT2D eigenvalue weighted by Gasteiger charge is -2.27. The van der Waals surface area contributed by atoms with E-state index in [0.717, 1.165) is 15.6 Å². The molecule has 0 saturated carbocycles. The first-order valence-corrected chi connectivity index (χ1v) is 7.69. The first-order valence-electron chi connectivity index (χ1n) is 5.37. The van der Waals surface area contributed by atoms with Gasteiger partial charge in [0.15, 0.2) is 0 Å². The molecule has 0 atom stereocenters. The van der Waals surface area contributed by atoms with Crippen molar-refractivity contribution < 1.29 is 17.9 Å². The Morgan fingerprint density at radius 2 is 2.33 bits per heavy atom. The van der Waals surface area contributed by atoms with Crippen LogP contribution in [0.5, 0.6) is 0 Å². The van der Waals surface area contributed by atoms with Crippen molar-refractivity contribution in [3.63, 3.8) is 0 Å². The Morgan fingerprint density at radius 3 is 2.83 bits per heavy atom. The normalized spacial score (nSPS) is 16.6. The lowest BCUT2D eigenvalue weighted by molar-refractivity contribution is -0.125. The molecule has 0 unspecified atom stereocenters. The molecule has 1 aromatic rings. The van der Waals surface area contributed by atoms with Gasteiger partial charge in [0.25, 0.3) is 10.0 Å². The van der Waals surface area contributed by atoms with Crippen molar-refractivity contribution in [2.75, 3.05) is 26.8 Å². The number of ether oxygens (including phenoxy) is 1. The van der Waals surface area contributed by atoms with Crippen molar-refractivity contribution in [2.45, 2.75) is 10.3 Å². The van der Waals surface area contributed by atoms with E-state index in [9.17, 15) is 13.2 Å². The third-order valence-corrected chi connectivity index (χ3v) is 5.71. The summed E-state index contributed by atoms with van der Waals surface area (Å²) in [6, 6.07) is 3.20. The summed E-state index contributed by atoms with van der Waals surface area (Å²) >= 11 is 1.13. The van der Waals surface area contributed by atoms with E-state index in [1.54, 1.807) is 11.4 Å². The molecule has 1 aromatic heterocycles. The topological polar surface area (TPSA) is 75.7 Å². The zero-order valence-electron chi connectivity index (χ0n) is 9.83. The minimum atomic E-state index is -3.56. The van der Waals surface area contributed by atoms with E-state index >= 15 is 0 Å². The molecular formula is C10H14N2O4S2. The molecule has 0 bridgehead atoms. The zero-order valence-corrected chi connectivity index (χ0v) is 11.5. The molecule has 0 aliphatic carbocycles. The number of hydrogen-bond acceptors (Lipinski definition) is 5. The Bertz CT molecular complexity index is 508. The van der Waals surface area contributed by atoms with Gasteiger partial charge >= 0.3 is 0 Å². The lowest BCUT2D eigenvalue weighted by Crippen LogP contribution is -2.51. The average molecular weight is 290 g/mol. The second kappa shape index (κ2) is 5.35. The summed E-state index contributed by atoms with van der Waals surface area (Å²) < 4.78 is 30.3. The van der Waals surface area contributed by atoms with Crippen LogP contribution in [0.25, 0.3) is 0 Å². The van der Waals surface area contributed by atoms with Crippen molar-refractivity contribution in [3.05, 3.63) is 17.5 Å². The van der Waals surface area contributed by atoms with Gasteiger partial charge in [-0.15, -0.1) is 11.3 Å². The molecule has 2 rings (SSSR count). The van der Waals surface area contributed by atoms with Crippen molar-refractivity contribution in [1.29, 1.82) is 0 Å². The van der Waals surface area contributed by atoms with Crippen LogP contribution in [0.1, 0.15) is 0 Å². The Kier molecular flexibility index (Phi) is 4.00. The SMILES string of the molecule is CN(CC(=O)NC1COC1)S(=O)(=O)c1cccs1. The predicted molar refractivity (Wildman–Crippen MR) is 66.9 cm³/mol. The maximum absolute atomic E-state index is 12.0. The highest BCUT2D eigenvalue weighted by Crippen LogP contribution is 2.19. The number of sulfonamides is 1. The van der Waals surface area contributed by atoms with E-state index in [2.05, 4.69) is 5.32 Å². The molecule has 2 heterocycles. The zero-order chi connectivity index (χ0) is 13.2. The first kappa shape index (κ1) is 13.5. The second-order valence-electron chi connectivity index (χ2n) is 4.00. The van der Waals surface area contributed by atoms with Gasteiger partial charge in [-0.2, -0.15) is 4.31 Å². The van der Waals surface area contributed by atoms with E-state index in [1.165, 1.54) is 13.1 Å². The molecule has 0 aromatic carbocycles. The Morgan fingerprint density at radius 1 is 1.61 bits per heavy atom. The van der Waals surface area contributed by atoms with E-state index in [4.69, 9.17) is 4.74 Å². The van der Waals surface area contributed by atoms with Crippen LogP contribution < -0.4 is 5.32 Å². The molecule has 0 spiro atoms. The quantitative estimate of drug-likeness (QED) is 0.820. The first-order chi connectivity index (χ1) is 8.50. The summed E-state index contributed by atoms with van der Waals surface area (Å²) in [5.41, 5.74) is 0. The minimum Gasteiger partial charge on any atom is -0.377 e. The van der Waals surface area contributed by atoms with Gasteiger partial charge in [-0.05, 0) is 11.4 Å². The fourth-order valence-electron chi connectivity index (χ4n) is 1.44. The highest BCUT2D eigenvalue weighted by Gasteiger charge is 2.26. The van der Waals surface area contributed by atoms with Crippen LogP contribution in [0.15, 0.2) is 21.7 Å². The summed E-state index contributed by atoms with van der Waals surface area (Å²) in [6.07, 6.45) is 0. The molecule has 1 N–H and O–H groups in total. The summed E-state index contributed by atoms with van der Waals surface area (Å²) in [7, 11) is -2.16. The highest BCUT2D eigenvalue weighted by atomic mass is 32.2. The molecule has 6 nitrogen and oxygen atoms in total. The molecule has 1 amide bonds. The van der Waals surface area contributed by atoms with Crippen LogP contribution in [-0.2, 0) is 19.6 Å². The van der Waals surface area contributed by atoms with Crippen LogP contribution in [0.3, 0.4) is 0 Å². The monoisotopic (exact) mass is 290 g/mol. The molecule has 1 aliphatic rings. The van der Waals surface area contributed by atoms with E-state index in [1.807, 2.05) is 0 Å². The maximum atomic E-state index is 12.0. The van der Waals surface area contributed by atoms with Crippen molar-refractivity contribution >= 4 is 27.3 Å². The van der Waals surface area contributed by atoms with Gasteiger partial charge in [0.05, 0.1) is 25.8 Å². The van der Waals surface area contributed by atoms with Crippen LogP contribution in [0.4, 0.5) is 0 Å². The summed E-state index contributed by atoms with van der Waals surface area (Å²) in [5, 5.41) is 4.38. The van der Waals surface area contributed by atoms with Crippen LogP contribution in [-0.4, -0.2) is 51.5 Å². The van der Waals surface area contributed by atoms with Crippen molar-refractivity contribution in [2.24, 2.45) is 0 Å². The summed E-state index contributed by atoms with van der Waals surface area (Å²) in [4.78, 5) is 11.6. The smallest absolute Gasteiger partial charge is 0.252 e. The number of nitrogens with one attached hydrogen (secondary N) is 1. The number of thiophene rings is 1. The molecule has 8 heteroatoms. The Labute approximate surface area is 110 Å². The van der Waals surface area contributed by atoms with Gasteiger partial charge in [0, 0.05) is 7.05 Å². The van der Waals surface area contributed by atoms with Crippen molar-refractivity contribution in [1.82, 2.24) is 9.62 Å². The van der Waals surface area contributed by atoms with Gasteiger partial charge in [-0.25, -0.2) is 8.42 Å². The second-order valence-corrected chi connectivity index (χ2v) is 7.21. The van der Waals surface area contributed by atoms with Crippen molar-refractivity contribution in [3.8, 4) is 0 Å². The number of amides is 1. The highest BCUT2D eigenvalue weighted by molar-refractivity contribution is 7.91. The molecule has 0 radical (unpaired) electrons. The minimum absolute atomic E-state index is 0.00958. The molecule has 1 saturated heterocycles. The Hall–Kier alpha value is -0.960. The van der Waals surface area contributed by atoms with Crippen LogP contribution >= 0.6 is 11.3 Å². The van der Waals surface area contributed by atoms with Gasteiger partial charge in [0.2, 0.25) is 5.91 Å². The largest absolute Gasteiger partial charge is 0.377 e.